The highest BCUT2D eigenvalue weighted by Gasteiger charge is 2.36. The molecule has 1 heterocycles. The molecule has 15 heavy (non-hydrogen) atoms. The minimum atomic E-state index is 0.153. The van der Waals surface area contributed by atoms with Gasteiger partial charge in [0.15, 0.2) is 0 Å². The highest BCUT2D eigenvalue weighted by Crippen LogP contribution is 2.25. The Morgan fingerprint density at radius 3 is 2.33 bits per heavy atom. The van der Waals surface area contributed by atoms with Crippen molar-refractivity contribution in [3.05, 3.63) is 0 Å². The number of piperidine rings is 1. The zero-order chi connectivity index (χ0) is 10.7. The molecule has 0 radical (unpaired) electrons. The second kappa shape index (κ2) is 4.78. The summed E-state index contributed by atoms with van der Waals surface area (Å²) in [5.41, 5.74) is 0.153. The lowest BCUT2D eigenvalue weighted by molar-refractivity contribution is -0.155. The zero-order valence-corrected chi connectivity index (χ0v) is 9.88. The maximum absolute atomic E-state index is 5.25. The normalized spacial score (nSPS) is 27.6. The van der Waals surface area contributed by atoms with Crippen LogP contribution in [0.1, 0.15) is 32.1 Å². The van der Waals surface area contributed by atoms with Crippen LogP contribution in [0.15, 0.2) is 0 Å². The summed E-state index contributed by atoms with van der Waals surface area (Å²) in [6.45, 7) is 2.02. The molecule has 2 N–H and O–H groups in total. The van der Waals surface area contributed by atoms with Gasteiger partial charge in [0.05, 0.1) is 12.8 Å². The highest BCUT2D eigenvalue weighted by molar-refractivity contribution is 4.93. The van der Waals surface area contributed by atoms with E-state index in [1.54, 1.807) is 7.11 Å². The molecule has 0 aromatic carbocycles. The second-order valence-electron chi connectivity index (χ2n) is 4.72. The van der Waals surface area contributed by atoms with Crippen molar-refractivity contribution < 1.29 is 4.84 Å². The first kappa shape index (κ1) is 11.3. The molecule has 4 heteroatoms. The summed E-state index contributed by atoms with van der Waals surface area (Å²) in [5, 5.41) is 9.28. The summed E-state index contributed by atoms with van der Waals surface area (Å²) in [6.07, 6.45) is 6.32. The molecule has 0 aromatic heterocycles. The second-order valence-corrected chi connectivity index (χ2v) is 4.72. The molecule has 2 rings (SSSR count). The predicted molar refractivity (Wildman–Crippen MR) is 60.4 cm³/mol. The van der Waals surface area contributed by atoms with E-state index in [4.69, 9.17) is 4.84 Å². The van der Waals surface area contributed by atoms with Gasteiger partial charge in [0.1, 0.15) is 0 Å². The van der Waals surface area contributed by atoms with Gasteiger partial charge in [-0.05, 0) is 32.7 Å². The quantitative estimate of drug-likeness (QED) is 0.674. The molecule has 0 bridgehead atoms. The van der Waals surface area contributed by atoms with Gasteiger partial charge in [0.2, 0.25) is 0 Å². The van der Waals surface area contributed by atoms with E-state index in [-0.39, 0.29) is 5.66 Å². The van der Waals surface area contributed by atoms with Gasteiger partial charge in [-0.25, -0.2) is 0 Å². The van der Waals surface area contributed by atoms with Crippen LogP contribution < -0.4 is 10.6 Å². The lowest BCUT2D eigenvalue weighted by Gasteiger charge is -2.45. The molecule has 4 nitrogen and oxygen atoms in total. The van der Waals surface area contributed by atoms with Crippen molar-refractivity contribution in [2.75, 3.05) is 27.2 Å². The third-order valence-electron chi connectivity index (χ3n) is 3.90. The van der Waals surface area contributed by atoms with Crippen molar-refractivity contribution in [3.8, 4) is 0 Å². The molecule has 1 saturated heterocycles. The topological polar surface area (TPSA) is 36.5 Å². The van der Waals surface area contributed by atoms with Crippen LogP contribution in [0.5, 0.6) is 0 Å². The van der Waals surface area contributed by atoms with Crippen LogP contribution in [0.2, 0.25) is 0 Å². The molecule has 1 aliphatic carbocycles. The summed E-state index contributed by atoms with van der Waals surface area (Å²) in [5.74, 6) is 0. The lowest BCUT2D eigenvalue weighted by atomic mass is 9.88. The number of nitrogens with one attached hydrogen (secondary N) is 2. The van der Waals surface area contributed by atoms with Gasteiger partial charge in [-0.3, -0.25) is 5.32 Å². The maximum Gasteiger partial charge on any atom is 0.0713 e. The number of nitrogens with zero attached hydrogens (tertiary/aromatic N) is 1. The van der Waals surface area contributed by atoms with Crippen molar-refractivity contribution in [2.45, 2.75) is 43.8 Å². The maximum atomic E-state index is 5.25. The number of hydroxylamine groups is 2. The van der Waals surface area contributed by atoms with Gasteiger partial charge in [-0.2, -0.15) is 5.06 Å². The summed E-state index contributed by atoms with van der Waals surface area (Å²) >= 11 is 0. The smallest absolute Gasteiger partial charge is 0.0713 e. The number of hydrogen-bond acceptors (Lipinski definition) is 4. The van der Waals surface area contributed by atoms with Crippen molar-refractivity contribution in [2.24, 2.45) is 0 Å². The Labute approximate surface area is 92.3 Å². The molecule has 88 valence electrons. The molecular weight excluding hydrogens is 190 g/mol. The molecule has 2 fully saturated rings. The largest absolute Gasteiger partial charge is 0.302 e. The fraction of sp³-hybridized carbons (Fsp3) is 1.00. The van der Waals surface area contributed by atoms with Crippen LogP contribution >= 0.6 is 0 Å². The predicted octanol–water partition coefficient (Wildman–Crippen LogP) is 0.701. The molecule has 0 unspecified atom stereocenters. The molecule has 0 spiro atoms. The average molecular weight is 213 g/mol. The Balaban J connectivity index is 1.85. The molecule has 0 amide bonds. The molecule has 0 atom stereocenters. The first-order valence-electron chi connectivity index (χ1n) is 6.04. The fourth-order valence-electron chi connectivity index (χ4n) is 2.46. The Bertz CT molecular complexity index is 198. The molecule has 1 saturated carbocycles. The average Bonchev–Trinajstić information content (AvgIpc) is 2.24. The van der Waals surface area contributed by atoms with E-state index < -0.39 is 0 Å². The zero-order valence-electron chi connectivity index (χ0n) is 9.88. The van der Waals surface area contributed by atoms with Crippen LogP contribution in [0.3, 0.4) is 0 Å². The van der Waals surface area contributed by atoms with E-state index in [0.717, 1.165) is 32.0 Å². The van der Waals surface area contributed by atoms with Gasteiger partial charge in [0.25, 0.3) is 0 Å². The fourth-order valence-corrected chi connectivity index (χ4v) is 2.46. The Hall–Kier alpha value is -0.160. The minimum absolute atomic E-state index is 0.153. The Morgan fingerprint density at radius 1 is 1.27 bits per heavy atom. The van der Waals surface area contributed by atoms with Crippen molar-refractivity contribution in [1.29, 1.82) is 0 Å². The van der Waals surface area contributed by atoms with Crippen LogP contribution in [0.4, 0.5) is 0 Å². The van der Waals surface area contributed by atoms with E-state index in [0.29, 0.717) is 0 Å². The minimum Gasteiger partial charge on any atom is -0.302 e. The lowest BCUT2D eigenvalue weighted by Crippen LogP contribution is -2.64. The summed E-state index contributed by atoms with van der Waals surface area (Å²) in [6, 6.07) is 0.742. The van der Waals surface area contributed by atoms with E-state index in [2.05, 4.69) is 17.7 Å². The molecule has 0 aromatic rings. The van der Waals surface area contributed by atoms with Gasteiger partial charge >= 0.3 is 0 Å². The Morgan fingerprint density at radius 2 is 1.93 bits per heavy atom. The van der Waals surface area contributed by atoms with E-state index in [9.17, 15) is 0 Å². The van der Waals surface area contributed by atoms with Crippen molar-refractivity contribution >= 4 is 0 Å². The molecule has 2 aliphatic rings. The van der Waals surface area contributed by atoms with Crippen LogP contribution in [0, 0.1) is 0 Å². The van der Waals surface area contributed by atoms with Crippen molar-refractivity contribution in [3.63, 3.8) is 0 Å². The number of hydrogen-bond donors (Lipinski definition) is 2. The van der Waals surface area contributed by atoms with Gasteiger partial charge < -0.3 is 10.2 Å². The molecular formula is C11H23N3O. The first-order chi connectivity index (χ1) is 7.28. The van der Waals surface area contributed by atoms with Gasteiger partial charge in [-0.15, -0.1) is 0 Å². The monoisotopic (exact) mass is 213 g/mol. The van der Waals surface area contributed by atoms with Gasteiger partial charge in [0, 0.05) is 19.1 Å². The van der Waals surface area contributed by atoms with E-state index in [1.807, 2.05) is 5.06 Å². The summed E-state index contributed by atoms with van der Waals surface area (Å²) < 4.78 is 0. The number of rotatable bonds is 4. The summed E-state index contributed by atoms with van der Waals surface area (Å²) in [4.78, 5) is 5.25. The van der Waals surface area contributed by atoms with Crippen molar-refractivity contribution in [1.82, 2.24) is 15.7 Å². The van der Waals surface area contributed by atoms with Crippen LogP contribution in [-0.4, -0.2) is 44.0 Å². The third kappa shape index (κ3) is 2.50. The van der Waals surface area contributed by atoms with Gasteiger partial charge in [-0.1, -0.05) is 6.42 Å². The summed E-state index contributed by atoms with van der Waals surface area (Å²) in [7, 11) is 3.82. The third-order valence-corrected chi connectivity index (χ3v) is 3.90. The van der Waals surface area contributed by atoms with Crippen LogP contribution in [0.25, 0.3) is 0 Å². The van der Waals surface area contributed by atoms with E-state index in [1.165, 1.54) is 19.3 Å². The van der Waals surface area contributed by atoms with Crippen LogP contribution in [-0.2, 0) is 4.84 Å². The van der Waals surface area contributed by atoms with E-state index >= 15 is 0 Å². The SMILES string of the molecule is CNC1(NC2CCC2)CCN(OC)CC1. The Kier molecular flexibility index (Phi) is 3.61. The first-order valence-corrected chi connectivity index (χ1v) is 6.04. The standard InChI is InChI=1S/C11H23N3O/c1-12-11(13-10-4-3-5-10)6-8-14(15-2)9-7-11/h10,12-13H,3-9H2,1-2H3. The molecule has 1 aliphatic heterocycles. The highest BCUT2D eigenvalue weighted by atomic mass is 16.7.